The van der Waals surface area contributed by atoms with E-state index in [2.05, 4.69) is 0 Å². The number of anilines is 1. The highest BCUT2D eigenvalue weighted by atomic mass is 35.5. The van der Waals surface area contributed by atoms with E-state index in [-0.39, 0.29) is 22.5 Å². The van der Waals surface area contributed by atoms with Crippen LogP contribution in [-0.4, -0.2) is 35.3 Å². The minimum atomic E-state index is -0.679. The number of halogens is 2. The van der Waals surface area contributed by atoms with Crippen LogP contribution in [0.2, 0.25) is 5.02 Å². The molecule has 6 heteroatoms. The average Bonchev–Trinajstić information content (AvgIpc) is 2.94. The van der Waals surface area contributed by atoms with E-state index in [0.717, 1.165) is 6.42 Å². The van der Waals surface area contributed by atoms with Crippen LogP contribution in [-0.2, 0) is 9.59 Å². The quantitative estimate of drug-likeness (QED) is 0.842. The molecular weight excluding hydrogens is 295 g/mol. The first-order valence-corrected chi connectivity index (χ1v) is 7.51. The van der Waals surface area contributed by atoms with Gasteiger partial charge >= 0.3 is 0 Å². The Bertz CT molecular complexity index is 587. The Kier molecular flexibility index (Phi) is 3.61. The highest BCUT2D eigenvalue weighted by Gasteiger charge is 2.48. The van der Waals surface area contributed by atoms with Gasteiger partial charge in [0.15, 0.2) is 0 Å². The normalized spacial score (nSPS) is 25.5. The van der Waals surface area contributed by atoms with Gasteiger partial charge < -0.3 is 4.90 Å². The van der Waals surface area contributed by atoms with Gasteiger partial charge in [-0.3, -0.25) is 14.5 Å². The number of carbonyl (C=O) groups excluding carboxylic acids is 2. The summed E-state index contributed by atoms with van der Waals surface area (Å²) in [5, 5.41) is 0.154. The molecule has 2 saturated heterocycles. The van der Waals surface area contributed by atoms with Crippen molar-refractivity contribution in [3.05, 3.63) is 29.0 Å². The lowest BCUT2D eigenvalue weighted by atomic mass is 10.0. The molecule has 3 rings (SSSR count). The summed E-state index contributed by atoms with van der Waals surface area (Å²) in [7, 11) is 0. The fourth-order valence-electron chi connectivity index (χ4n) is 3.25. The van der Waals surface area contributed by atoms with Gasteiger partial charge in [-0.15, -0.1) is 0 Å². The Morgan fingerprint density at radius 1 is 1.33 bits per heavy atom. The summed E-state index contributed by atoms with van der Waals surface area (Å²) in [5.74, 6) is -0.918. The zero-order valence-corrected chi connectivity index (χ0v) is 12.4. The van der Waals surface area contributed by atoms with Crippen LogP contribution in [0.15, 0.2) is 18.2 Å². The van der Waals surface area contributed by atoms with Gasteiger partial charge in [0, 0.05) is 6.54 Å². The van der Waals surface area contributed by atoms with Crippen molar-refractivity contribution < 1.29 is 14.0 Å². The van der Waals surface area contributed by atoms with Crippen molar-refractivity contribution in [3.63, 3.8) is 0 Å². The second-order valence-electron chi connectivity index (χ2n) is 5.39. The molecule has 112 valence electrons. The summed E-state index contributed by atoms with van der Waals surface area (Å²) in [6.45, 7) is 2.42. The smallest absolute Gasteiger partial charge is 0.250 e. The number of piperazine rings is 1. The number of carbonyl (C=O) groups is 2. The van der Waals surface area contributed by atoms with E-state index in [4.69, 9.17) is 11.6 Å². The van der Waals surface area contributed by atoms with Crippen LogP contribution in [0, 0.1) is 5.82 Å². The Balaban J connectivity index is 2.10. The Hall–Kier alpha value is -1.62. The van der Waals surface area contributed by atoms with Crippen molar-refractivity contribution in [2.24, 2.45) is 0 Å². The molecule has 0 saturated carbocycles. The predicted octanol–water partition coefficient (Wildman–Crippen LogP) is 2.60. The molecule has 4 nitrogen and oxygen atoms in total. The molecule has 0 aromatic heterocycles. The number of nitrogens with zero attached hydrogens (tertiary/aromatic N) is 2. The van der Waals surface area contributed by atoms with Crippen molar-refractivity contribution in [2.75, 3.05) is 11.4 Å². The summed E-state index contributed by atoms with van der Waals surface area (Å²) in [4.78, 5) is 28.2. The van der Waals surface area contributed by atoms with Gasteiger partial charge in [-0.05, 0) is 31.4 Å². The zero-order valence-electron chi connectivity index (χ0n) is 11.7. The third-order valence-corrected chi connectivity index (χ3v) is 4.53. The summed E-state index contributed by atoms with van der Waals surface area (Å²) >= 11 is 6.08. The van der Waals surface area contributed by atoms with E-state index in [9.17, 15) is 14.0 Å². The molecule has 1 aromatic carbocycles. The molecule has 2 heterocycles. The largest absolute Gasteiger partial charge is 0.329 e. The Morgan fingerprint density at radius 2 is 2.10 bits per heavy atom. The number of rotatable bonds is 2. The predicted molar refractivity (Wildman–Crippen MR) is 77.7 cm³/mol. The number of para-hydroxylation sites is 1. The van der Waals surface area contributed by atoms with Crippen LogP contribution in [0.4, 0.5) is 10.1 Å². The van der Waals surface area contributed by atoms with E-state index in [0.29, 0.717) is 19.4 Å². The van der Waals surface area contributed by atoms with Gasteiger partial charge in [-0.1, -0.05) is 24.6 Å². The van der Waals surface area contributed by atoms with E-state index in [1.807, 2.05) is 6.92 Å². The first-order valence-electron chi connectivity index (χ1n) is 7.13. The summed E-state index contributed by atoms with van der Waals surface area (Å²) < 4.78 is 14.2. The fraction of sp³-hybridized carbons (Fsp3) is 0.467. The lowest BCUT2D eigenvalue weighted by molar-refractivity contribution is -0.144. The third kappa shape index (κ3) is 2.11. The molecule has 2 amide bonds. The average molecular weight is 311 g/mol. The molecule has 2 aliphatic heterocycles. The van der Waals surface area contributed by atoms with Crippen LogP contribution in [0.3, 0.4) is 0 Å². The number of amides is 2. The summed E-state index contributed by atoms with van der Waals surface area (Å²) in [6.07, 6.45) is 1.86. The minimum Gasteiger partial charge on any atom is -0.329 e. The second kappa shape index (κ2) is 5.30. The van der Waals surface area contributed by atoms with Gasteiger partial charge in [-0.2, -0.15) is 0 Å². The maximum atomic E-state index is 14.2. The lowest BCUT2D eigenvalue weighted by Crippen LogP contribution is -2.63. The van der Waals surface area contributed by atoms with Crippen LogP contribution in [0.1, 0.15) is 26.2 Å². The lowest BCUT2D eigenvalue weighted by Gasteiger charge is -2.42. The molecule has 0 spiro atoms. The molecule has 2 fully saturated rings. The number of hydrogen-bond acceptors (Lipinski definition) is 2. The van der Waals surface area contributed by atoms with E-state index >= 15 is 0 Å². The first kappa shape index (κ1) is 14.3. The highest BCUT2D eigenvalue weighted by Crippen LogP contribution is 2.36. The van der Waals surface area contributed by atoms with Crippen LogP contribution >= 0.6 is 11.6 Å². The van der Waals surface area contributed by atoms with Crippen molar-refractivity contribution in [1.82, 2.24) is 4.90 Å². The van der Waals surface area contributed by atoms with Crippen molar-refractivity contribution in [2.45, 2.75) is 38.3 Å². The van der Waals surface area contributed by atoms with E-state index < -0.39 is 17.9 Å². The van der Waals surface area contributed by atoms with Crippen LogP contribution in [0.5, 0.6) is 0 Å². The van der Waals surface area contributed by atoms with Gasteiger partial charge in [0.25, 0.3) is 5.91 Å². The SMILES string of the molecule is CCC1C(=O)N2CCCC2C(=O)N1c1c(F)cccc1Cl. The van der Waals surface area contributed by atoms with Gasteiger partial charge in [0.2, 0.25) is 5.91 Å². The van der Waals surface area contributed by atoms with Crippen LogP contribution in [0.25, 0.3) is 0 Å². The monoisotopic (exact) mass is 310 g/mol. The maximum Gasteiger partial charge on any atom is 0.250 e. The molecule has 0 aliphatic carbocycles. The second-order valence-corrected chi connectivity index (χ2v) is 5.80. The molecule has 1 aromatic rings. The topological polar surface area (TPSA) is 40.6 Å². The summed E-state index contributed by atoms with van der Waals surface area (Å²) in [5.41, 5.74) is 0.0240. The molecular formula is C15H16ClFN2O2. The van der Waals surface area contributed by atoms with E-state index in [1.54, 1.807) is 4.90 Å². The van der Waals surface area contributed by atoms with Gasteiger partial charge in [0.05, 0.1) is 10.7 Å². The number of benzene rings is 1. The van der Waals surface area contributed by atoms with Gasteiger partial charge in [0.1, 0.15) is 17.9 Å². The minimum absolute atomic E-state index is 0.0240. The molecule has 21 heavy (non-hydrogen) atoms. The molecule has 0 radical (unpaired) electrons. The van der Waals surface area contributed by atoms with Crippen molar-refractivity contribution in [3.8, 4) is 0 Å². The Labute approximate surface area is 127 Å². The highest BCUT2D eigenvalue weighted by molar-refractivity contribution is 6.34. The molecule has 2 aliphatic rings. The maximum absolute atomic E-state index is 14.2. The molecule has 2 unspecified atom stereocenters. The summed E-state index contributed by atoms with van der Waals surface area (Å²) in [6, 6.07) is 3.12. The van der Waals surface area contributed by atoms with Crippen molar-refractivity contribution in [1.29, 1.82) is 0 Å². The van der Waals surface area contributed by atoms with E-state index in [1.165, 1.54) is 23.1 Å². The number of fused-ring (bicyclic) bond motifs is 1. The fourth-order valence-corrected chi connectivity index (χ4v) is 3.50. The van der Waals surface area contributed by atoms with Crippen LogP contribution < -0.4 is 4.90 Å². The third-order valence-electron chi connectivity index (χ3n) is 4.22. The molecule has 2 atom stereocenters. The first-order chi connectivity index (χ1) is 10.1. The standard InChI is InChI=1S/C15H16ClFN2O2/c1-2-11-14(20)18-8-4-7-12(18)15(21)19(11)13-9(16)5-3-6-10(13)17/h3,5-6,11-12H,2,4,7-8H2,1H3. The molecule has 0 bridgehead atoms. The van der Waals surface area contributed by atoms with Crippen molar-refractivity contribution >= 4 is 29.1 Å². The Morgan fingerprint density at radius 3 is 2.76 bits per heavy atom. The molecule has 0 N–H and O–H groups in total. The van der Waals surface area contributed by atoms with Gasteiger partial charge in [-0.25, -0.2) is 4.39 Å². The number of hydrogen-bond donors (Lipinski definition) is 0. The zero-order chi connectivity index (χ0) is 15.1.